The Labute approximate surface area is 97.7 Å². The molecule has 1 unspecified atom stereocenters. The second-order valence-electron chi connectivity index (χ2n) is 3.66. The molecule has 0 fully saturated rings. The van der Waals surface area contributed by atoms with E-state index in [0.717, 1.165) is 19.8 Å². The highest BCUT2D eigenvalue weighted by molar-refractivity contribution is 4.66. The van der Waals surface area contributed by atoms with E-state index in [-0.39, 0.29) is 6.42 Å². The summed E-state index contributed by atoms with van der Waals surface area (Å²) in [7, 11) is 0. The van der Waals surface area contributed by atoms with Crippen LogP contribution in [0, 0.1) is 0 Å². The largest absolute Gasteiger partial charge is 0.450 e. The van der Waals surface area contributed by atoms with Gasteiger partial charge in [-0.25, -0.2) is 0 Å². The number of alkyl halides is 4. The molecule has 3 nitrogen and oxygen atoms in total. The standard InChI is InChI=1S/C10H18F4O3/c1-3-4-5-6-7-16-9(11,12)10(13,14)17-8(2)15/h8,15H,3-7H2,1-2H3. The Balaban J connectivity index is 4.07. The molecule has 0 spiro atoms. The maximum Gasteiger partial charge on any atom is 0.450 e. The lowest BCUT2D eigenvalue weighted by atomic mass is 10.2. The molecular formula is C10H18F4O3. The number of aliphatic hydroxyl groups excluding tert-OH is 1. The van der Waals surface area contributed by atoms with Crippen LogP contribution in [0.15, 0.2) is 0 Å². The molecule has 7 heteroatoms. The van der Waals surface area contributed by atoms with E-state index in [1.807, 2.05) is 6.92 Å². The zero-order chi connectivity index (χ0) is 13.5. The van der Waals surface area contributed by atoms with Crippen LogP contribution in [0.25, 0.3) is 0 Å². The van der Waals surface area contributed by atoms with Gasteiger partial charge in [0.25, 0.3) is 0 Å². The topological polar surface area (TPSA) is 38.7 Å². The van der Waals surface area contributed by atoms with E-state index in [4.69, 9.17) is 5.11 Å². The van der Waals surface area contributed by atoms with Gasteiger partial charge in [-0.2, -0.15) is 17.6 Å². The zero-order valence-corrected chi connectivity index (χ0v) is 9.89. The first-order valence-electron chi connectivity index (χ1n) is 5.48. The van der Waals surface area contributed by atoms with Crippen LogP contribution in [0.3, 0.4) is 0 Å². The van der Waals surface area contributed by atoms with Crippen LogP contribution in [-0.4, -0.2) is 30.2 Å². The van der Waals surface area contributed by atoms with Crippen LogP contribution in [0.5, 0.6) is 0 Å². The lowest BCUT2D eigenvalue weighted by Gasteiger charge is -2.26. The summed E-state index contributed by atoms with van der Waals surface area (Å²) in [6.45, 7) is 2.26. The molecule has 1 atom stereocenters. The molecule has 0 aliphatic carbocycles. The number of halogens is 4. The lowest BCUT2D eigenvalue weighted by Crippen LogP contribution is -2.46. The number of ether oxygens (including phenoxy) is 2. The third-order valence-corrected chi connectivity index (χ3v) is 1.94. The summed E-state index contributed by atoms with van der Waals surface area (Å²) in [5.41, 5.74) is 0. The van der Waals surface area contributed by atoms with Gasteiger partial charge < -0.3 is 9.84 Å². The normalized spacial score (nSPS) is 15.0. The molecule has 0 heterocycles. The maximum atomic E-state index is 12.9. The summed E-state index contributed by atoms with van der Waals surface area (Å²) in [5.74, 6) is 0. The molecule has 0 aromatic heterocycles. The Kier molecular flexibility index (Phi) is 6.96. The highest BCUT2D eigenvalue weighted by Crippen LogP contribution is 2.37. The highest BCUT2D eigenvalue weighted by Gasteiger charge is 2.60. The van der Waals surface area contributed by atoms with Crippen LogP contribution >= 0.6 is 0 Å². The van der Waals surface area contributed by atoms with E-state index in [9.17, 15) is 17.6 Å². The third kappa shape index (κ3) is 6.18. The maximum absolute atomic E-state index is 12.9. The van der Waals surface area contributed by atoms with E-state index in [1.165, 1.54) is 0 Å². The van der Waals surface area contributed by atoms with E-state index in [0.29, 0.717) is 6.42 Å². The Morgan fingerprint density at radius 1 is 1.06 bits per heavy atom. The third-order valence-electron chi connectivity index (χ3n) is 1.94. The van der Waals surface area contributed by atoms with Crippen molar-refractivity contribution >= 4 is 0 Å². The fourth-order valence-electron chi connectivity index (χ4n) is 1.10. The Morgan fingerprint density at radius 2 is 1.65 bits per heavy atom. The molecule has 0 rings (SSSR count). The van der Waals surface area contributed by atoms with Crippen LogP contribution < -0.4 is 0 Å². The van der Waals surface area contributed by atoms with Gasteiger partial charge in [0.2, 0.25) is 0 Å². The number of unbranched alkanes of at least 4 members (excludes halogenated alkanes) is 3. The first-order valence-corrected chi connectivity index (χ1v) is 5.48. The van der Waals surface area contributed by atoms with E-state index in [1.54, 1.807) is 0 Å². The van der Waals surface area contributed by atoms with Crippen molar-refractivity contribution in [1.82, 2.24) is 0 Å². The van der Waals surface area contributed by atoms with Crippen molar-refractivity contribution in [3.8, 4) is 0 Å². The van der Waals surface area contributed by atoms with Gasteiger partial charge in [0.15, 0.2) is 6.29 Å². The molecule has 104 valence electrons. The van der Waals surface area contributed by atoms with Gasteiger partial charge in [-0.05, 0) is 13.3 Å². The minimum atomic E-state index is -4.84. The molecule has 0 amide bonds. The number of aliphatic hydroxyl groups is 1. The number of rotatable bonds is 9. The fourth-order valence-corrected chi connectivity index (χ4v) is 1.10. The monoisotopic (exact) mass is 262 g/mol. The van der Waals surface area contributed by atoms with Crippen molar-refractivity contribution < 1.29 is 32.1 Å². The van der Waals surface area contributed by atoms with Crippen LogP contribution in [0.1, 0.15) is 39.5 Å². The predicted octanol–water partition coefficient (Wildman–Crippen LogP) is 3.12. The van der Waals surface area contributed by atoms with Crippen LogP contribution in [-0.2, 0) is 9.47 Å². The molecule has 0 aromatic rings. The average molecular weight is 262 g/mol. The zero-order valence-electron chi connectivity index (χ0n) is 9.89. The molecule has 17 heavy (non-hydrogen) atoms. The summed E-state index contributed by atoms with van der Waals surface area (Å²) in [6, 6.07) is 0. The lowest BCUT2D eigenvalue weighted by molar-refractivity contribution is -0.450. The van der Waals surface area contributed by atoms with Gasteiger partial charge in [0, 0.05) is 0 Å². The van der Waals surface area contributed by atoms with Crippen molar-refractivity contribution in [1.29, 1.82) is 0 Å². The van der Waals surface area contributed by atoms with Crippen molar-refractivity contribution in [2.75, 3.05) is 6.61 Å². The molecule has 0 aromatic carbocycles. The molecular weight excluding hydrogens is 244 g/mol. The Hall–Kier alpha value is -0.400. The van der Waals surface area contributed by atoms with Crippen molar-refractivity contribution in [2.45, 2.75) is 58.0 Å². The van der Waals surface area contributed by atoms with Crippen molar-refractivity contribution in [2.24, 2.45) is 0 Å². The van der Waals surface area contributed by atoms with E-state index >= 15 is 0 Å². The highest BCUT2D eigenvalue weighted by atomic mass is 19.3. The van der Waals surface area contributed by atoms with Gasteiger partial charge in [0.05, 0.1) is 6.61 Å². The Bertz CT molecular complexity index is 210. The average Bonchev–Trinajstić information content (AvgIpc) is 2.15. The summed E-state index contributed by atoms with van der Waals surface area (Å²) in [5, 5.41) is 8.50. The minimum absolute atomic E-state index is 0.272. The molecule has 0 aliphatic rings. The summed E-state index contributed by atoms with van der Waals surface area (Å²) in [4.78, 5) is 0. The van der Waals surface area contributed by atoms with Gasteiger partial charge in [-0.3, -0.25) is 4.74 Å². The summed E-state index contributed by atoms with van der Waals surface area (Å²) >= 11 is 0. The van der Waals surface area contributed by atoms with Crippen LogP contribution in [0.2, 0.25) is 0 Å². The smallest absolute Gasteiger partial charge is 0.368 e. The predicted molar refractivity (Wildman–Crippen MR) is 52.8 cm³/mol. The summed E-state index contributed by atoms with van der Waals surface area (Å²) in [6.07, 6.45) is -8.95. The van der Waals surface area contributed by atoms with Gasteiger partial charge in [0.1, 0.15) is 0 Å². The second kappa shape index (κ2) is 7.13. The van der Waals surface area contributed by atoms with Crippen LogP contribution in [0.4, 0.5) is 17.6 Å². The number of hydrogen-bond acceptors (Lipinski definition) is 3. The molecule has 0 saturated carbocycles. The Morgan fingerprint density at radius 3 is 2.12 bits per heavy atom. The van der Waals surface area contributed by atoms with Crippen molar-refractivity contribution in [3.05, 3.63) is 0 Å². The van der Waals surface area contributed by atoms with E-state index < -0.39 is 25.1 Å². The molecule has 0 bridgehead atoms. The molecule has 1 N–H and O–H groups in total. The second-order valence-corrected chi connectivity index (χ2v) is 3.66. The molecule has 0 radical (unpaired) electrons. The molecule has 0 aliphatic heterocycles. The first-order chi connectivity index (χ1) is 7.73. The SMILES string of the molecule is CCCCCCOC(F)(F)C(F)(F)OC(C)O. The fraction of sp³-hybridized carbons (Fsp3) is 1.00. The van der Waals surface area contributed by atoms with E-state index in [2.05, 4.69) is 9.47 Å². The summed E-state index contributed by atoms with van der Waals surface area (Å²) < 4.78 is 58.5. The molecule has 0 saturated heterocycles. The van der Waals surface area contributed by atoms with Gasteiger partial charge in [-0.1, -0.05) is 26.2 Å². The minimum Gasteiger partial charge on any atom is -0.368 e. The van der Waals surface area contributed by atoms with Gasteiger partial charge in [-0.15, -0.1) is 0 Å². The van der Waals surface area contributed by atoms with Crippen molar-refractivity contribution in [3.63, 3.8) is 0 Å². The quantitative estimate of drug-likeness (QED) is 0.394. The number of hydrogen-bond donors (Lipinski definition) is 1. The first kappa shape index (κ1) is 16.6. The van der Waals surface area contributed by atoms with Gasteiger partial charge >= 0.3 is 12.2 Å².